The van der Waals surface area contributed by atoms with Crippen molar-refractivity contribution >= 4 is 11.7 Å². The normalized spacial score (nSPS) is 16.6. The van der Waals surface area contributed by atoms with Gasteiger partial charge < -0.3 is 20.1 Å². The number of urea groups is 1. The molecule has 1 atom stereocenters. The number of carbonyl (C=O) groups excluding carboxylic acids is 1. The van der Waals surface area contributed by atoms with Crippen molar-refractivity contribution in [3.05, 3.63) is 54.3 Å². The number of nitrogens with one attached hydrogen (secondary N) is 2. The molecule has 2 amide bonds. The maximum atomic E-state index is 13.1. The molecule has 2 aromatic carbocycles. The topological polar surface area (TPSA) is 59.6 Å². The molecular weight excluding hydrogens is 311 g/mol. The number of benzene rings is 2. The van der Waals surface area contributed by atoms with Crippen LogP contribution in [-0.4, -0.2) is 25.3 Å². The average Bonchev–Trinajstić information content (AvgIpc) is 3.08. The second-order valence-corrected chi connectivity index (χ2v) is 5.55. The molecule has 0 aromatic heterocycles. The van der Waals surface area contributed by atoms with Crippen LogP contribution in [0.1, 0.15) is 12.8 Å². The summed E-state index contributed by atoms with van der Waals surface area (Å²) in [5.41, 5.74) is 0.645. The zero-order valence-corrected chi connectivity index (χ0v) is 13.1. The van der Waals surface area contributed by atoms with E-state index in [1.54, 1.807) is 36.4 Å². The van der Waals surface area contributed by atoms with E-state index in [0.717, 1.165) is 19.4 Å². The second kappa shape index (κ2) is 7.79. The lowest BCUT2D eigenvalue weighted by molar-refractivity contribution is 0.112. The van der Waals surface area contributed by atoms with Crippen molar-refractivity contribution in [3.63, 3.8) is 0 Å². The Balaban J connectivity index is 1.49. The Hall–Kier alpha value is -2.60. The van der Waals surface area contributed by atoms with Crippen molar-refractivity contribution in [2.24, 2.45) is 0 Å². The van der Waals surface area contributed by atoms with E-state index in [2.05, 4.69) is 10.6 Å². The Morgan fingerprint density at radius 1 is 1.21 bits per heavy atom. The van der Waals surface area contributed by atoms with Gasteiger partial charge in [0.2, 0.25) is 0 Å². The van der Waals surface area contributed by atoms with E-state index >= 15 is 0 Å². The summed E-state index contributed by atoms with van der Waals surface area (Å²) in [6.07, 6.45) is 2.13. The van der Waals surface area contributed by atoms with Crippen LogP contribution in [0.5, 0.6) is 11.5 Å². The van der Waals surface area contributed by atoms with Gasteiger partial charge in [0.05, 0.1) is 6.10 Å². The van der Waals surface area contributed by atoms with E-state index in [1.807, 2.05) is 0 Å². The highest BCUT2D eigenvalue weighted by Crippen LogP contribution is 2.23. The maximum absolute atomic E-state index is 13.1. The van der Waals surface area contributed by atoms with Crippen molar-refractivity contribution < 1.29 is 18.7 Å². The van der Waals surface area contributed by atoms with Gasteiger partial charge in [-0.3, -0.25) is 0 Å². The van der Waals surface area contributed by atoms with Crippen molar-refractivity contribution in [3.8, 4) is 11.5 Å². The lowest BCUT2D eigenvalue weighted by Gasteiger charge is -2.12. The molecule has 126 valence electrons. The Morgan fingerprint density at radius 3 is 2.75 bits per heavy atom. The molecule has 2 N–H and O–H groups in total. The van der Waals surface area contributed by atoms with Crippen LogP contribution in [0.4, 0.5) is 14.9 Å². The highest BCUT2D eigenvalue weighted by molar-refractivity contribution is 5.89. The summed E-state index contributed by atoms with van der Waals surface area (Å²) in [4.78, 5) is 11.8. The predicted octanol–water partition coefficient (Wildman–Crippen LogP) is 3.92. The van der Waals surface area contributed by atoms with Crippen LogP contribution in [0.15, 0.2) is 48.5 Å². The Labute approximate surface area is 139 Å². The third-order valence-corrected chi connectivity index (χ3v) is 3.66. The molecule has 1 aliphatic heterocycles. The van der Waals surface area contributed by atoms with E-state index in [-0.39, 0.29) is 18.0 Å². The first-order chi connectivity index (χ1) is 11.7. The predicted molar refractivity (Wildman–Crippen MR) is 88.9 cm³/mol. The van der Waals surface area contributed by atoms with Crippen LogP contribution >= 0.6 is 0 Å². The summed E-state index contributed by atoms with van der Waals surface area (Å²) >= 11 is 0. The molecule has 6 heteroatoms. The molecule has 0 bridgehead atoms. The smallest absolute Gasteiger partial charge is 0.319 e. The first-order valence-corrected chi connectivity index (χ1v) is 7.89. The van der Waals surface area contributed by atoms with Crippen molar-refractivity contribution in [2.45, 2.75) is 18.9 Å². The lowest BCUT2D eigenvalue weighted by Crippen LogP contribution is -2.34. The molecule has 2 aromatic rings. The fourth-order valence-corrected chi connectivity index (χ4v) is 2.46. The molecule has 1 unspecified atom stereocenters. The standard InChI is InChI=1S/C18H19FN2O3/c19-13-3-1-4-16(11-13)24-15-8-6-14(7-9-15)21-18(22)20-12-17-5-2-10-23-17/h1,3-4,6-9,11,17H,2,5,10,12H2,(H2,20,21,22). The van der Waals surface area contributed by atoms with E-state index in [0.29, 0.717) is 23.7 Å². The summed E-state index contributed by atoms with van der Waals surface area (Å²) in [5, 5.41) is 5.53. The van der Waals surface area contributed by atoms with E-state index in [4.69, 9.17) is 9.47 Å². The number of amides is 2. The monoisotopic (exact) mass is 330 g/mol. The Morgan fingerprint density at radius 2 is 2.04 bits per heavy atom. The molecule has 24 heavy (non-hydrogen) atoms. The quantitative estimate of drug-likeness (QED) is 0.873. The fourth-order valence-electron chi connectivity index (χ4n) is 2.46. The summed E-state index contributed by atoms with van der Waals surface area (Å²) in [6, 6.07) is 12.5. The highest BCUT2D eigenvalue weighted by Gasteiger charge is 2.16. The molecule has 1 fully saturated rings. The van der Waals surface area contributed by atoms with Gasteiger partial charge in [-0.05, 0) is 49.2 Å². The minimum Gasteiger partial charge on any atom is -0.457 e. The number of carbonyl (C=O) groups is 1. The minimum atomic E-state index is -0.353. The molecule has 1 heterocycles. The molecule has 0 spiro atoms. The van der Waals surface area contributed by atoms with Crippen LogP contribution in [-0.2, 0) is 4.74 Å². The molecule has 0 aliphatic carbocycles. The van der Waals surface area contributed by atoms with Gasteiger partial charge in [0.1, 0.15) is 17.3 Å². The Bertz CT molecular complexity index is 685. The van der Waals surface area contributed by atoms with Gasteiger partial charge in [-0.15, -0.1) is 0 Å². The molecule has 5 nitrogen and oxygen atoms in total. The lowest BCUT2D eigenvalue weighted by atomic mass is 10.2. The van der Waals surface area contributed by atoms with Gasteiger partial charge in [0.15, 0.2) is 0 Å². The highest BCUT2D eigenvalue weighted by atomic mass is 19.1. The van der Waals surface area contributed by atoms with E-state index < -0.39 is 0 Å². The summed E-state index contributed by atoms with van der Waals surface area (Å²) < 4.78 is 24.1. The second-order valence-electron chi connectivity index (χ2n) is 5.55. The van der Waals surface area contributed by atoms with Gasteiger partial charge in [0, 0.05) is 24.9 Å². The fraction of sp³-hybridized carbons (Fsp3) is 0.278. The van der Waals surface area contributed by atoms with Gasteiger partial charge in [-0.25, -0.2) is 9.18 Å². The van der Waals surface area contributed by atoms with Crippen molar-refractivity contribution in [1.29, 1.82) is 0 Å². The van der Waals surface area contributed by atoms with Crippen molar-refractivity contribution in [2.75, 3.05) is 18.5 Å². The molecule has 1 aliphatic rings. The van der Waals surface area contributed by atoms with Crippen LogP contribution in [0.2, 0.25) is 0 Å². The first-order valence-electron chi connectivity index (χ1n) is 7.89. The molecule has 1 saturated heterocycles. The van der Waals surface area contributed by atoms with Gasteiger partial charge in [-0.1, -0.05) is 6.07 Å². The summed E-state index contributed by atoms with van der Waals surface area (Å²) in [7, 11) is 0. The third kappa shape index (κ3) is 4.70. The first kappa shape index (κ1) is 16.3. The molecule has 0 saturated carbocycles. The molecule has 3 rings (SSSR count). The number of anilines is 1. The zero-order valence-electron chi connectivity index (χ0n) is 13.1. The average molecular weight is 330 g/mol. The number of hydrogen-bond donors (Lipinski definition) is 2. The third-order valence-electron chi connectivity index (χ3n) is 3.66. The largest absolute Gasteiger partial charge is 0.457 e. The minimum absolute atomic E-state index is 0.109. The van der Waals surface area contributed by atoms with Gasteiger partial charge in [0.25, 0.3) is 0 Å². The number of halogens is 1. The maximum Gasteiger partial charge on any atom is 0.319 e. The SMILES string of the molecule is O=C(NCC1CCCO1)Nc1ccc(Oc2cccc(F)c2)cc1. The van der Waals surface area contributed by atoms with E-state index in [1.165, 1.54) is 12.1 Å². The van der Waals surface area contributed by atoms with Crippen LogP contribution in [0.25, 0.3) is 0 Å². The zero-order chi connectivity index (χ0) is 16.8. The molecular formula is C18H19FN2O3. The molecule has 0 radical (unpaired) electrons. The summed E-state index contributed by atoms with van der Waals surface area (Å²) in [5.74, 6) is 0.629. The van der Waals surface area contributed by atoms with Crippen LogP contribution in [0.3, 0.4) is 0 Å². The number of hydrogen-bond acceptors (Lipinski definition) is 3. The van der Waals surface area contributed by atoms with Crippen LogP contribution < -0.4 is 15.4 Å². The van der Waals surface area contributed by atoms with E-state index in [9.17, 15) is 9.18 Å². The number of ether oxygens (including phenoxy) is 2. The Kier molecular flexibility index (Phi) is 5.28. The number of rotatable bonds is 5. The van der Waals surface area contributed by atoms with Crippen LogP contribution in [0, 0.1) is 5.82 Å². The summed E-state index contributed by atoms with van der Waals surface area (Å²) in [6.45, 7) is 1.27. The van der Waals surface area contributed by atoms with Crippen molar-refractivity contribution in [1.82, 2.24) is 5.32 Å². The van der Waals surface area contributed by atoms with Gasteiger partial charge in [-0.2, -0.15) is 0 Å². The van der Waals surface area contributed by atoms with Gasteiger partial charge >= 0.3 is 6.03 Å².